The maximum atomic E-state index is 12.3. The number of likely N-dealkylation sites (tertiary alicyclic amines) is 1. The normalized spacial score (nSPS) is 16.9. The number of amides is 1. The Morgan fingerprint density at radius 2 is 2.05 bits per heavy atom. The van der Waals surface area contributed by atoms with E-state index in [2.05, 4.69) is 22.6 Å². The van der Waals surface area contributed by atoms with Crippen LogP contribution in [0, 0.1) is 0 Å². The molecule has 1 aliphatic heterocycles. The Bertz CT molecular complexity index is 441. The highest BCUT2D eigenvalue weighted by Crippen LogP contribution is 2.15. The van der Waals surface area contributed by atoms with Gasteiger partial charge in [-0.1, -0.05) is 19.1 Å². The van der Waals surface area contributed by atoms with Crippen molar-refractivity contribution in [2.75, 3.05) is 25.1 Å². The van der Waals surface area contributed by atoms with Crippen LogP contribution < -0.4 is 16.6 Å². The quantitative estimate of drug-likeness (QED) is 0.564. The summed E-state index contributed by atoms with van der Waals surface area (Å²) in [7, 11) is 0. The molecule has 0 spiro atoms. The number of carbonyl (C=O) groups is 1. The summed E-state index contributed by atoms with van der Waals surface area (Å²) >= 11 is 0. The lowest BCUT2D eigenvalue weighted by molar-refractivity contribution is 0.0912. The van der Waals surface area contributed by atoms with Gasteiger partial charge in [0.15, 0.2) is 0 Å². The number of anilines is 1. The smallest absolute Gasteiger partial charge is 0.253 e. The molecular formula is C15H24N4O. The van der Waals surface area contributed by atoms with E-state index in [1.54, 1.807) is 12.1 Å². The number of para-hydroxylation sites is 1. The first-order chi connectivity index (χ1) is 9.74. The molecule has 2 rings (SSSR count). The second-order valence-electron chi connectivity index (χ2n) is 5.28. The van der Waals surface area contributed by atoms with Gasteiger partial charge in [0.25, 0.3) is 5.91 Å². The molecule has 0 atom stereocenters. The molecule has 1 amide bonds. The van der Waals surface area contributed by atoms with Gasteiger partial charge in [0.05, 0.1) is 11.3 Å². The largest absolute Gasteiger partial charge is 0.349 e. The Morgan fingerprint density at radius 1 is 1.35 bits per heavy atom. The van der Waals surface area contributed by atoms with E-state index in [1.165, 1.54) is 6.42 Å². The summed E-state index contributed by atoms with van der Waals surface area (Å²) < 4.78 is 0. The number of hydrazine groups is 1. The predicted molar refractivity (Wildman–Crippen MR) is 81.5 cm³/mol. The van der Waals surface area contributed by atoms with E-state index < -0.39 is 0 Å². The van der Waals surface area contributed by atoms with Gasteiger partial charge in [-0.15, -0.1) is 0 Å². The minimum Gasteiger partial charge on any atom is -0.349 e. The molecule has 0 bridgehead atoms. The Balaban J connectivity index is 1.89. The molecule has 1 aromatic carbocycles. The van der Waals surface area contributed by atoms with E-state index in [0.717, 1.165) is 32.5 Å². The van der Waals surface area contributed by atoms with Gasteiger partial charge in [0.1, 0.15) is 0 Å². The highest BCUT2D eigenvalue weighted by molar-refractivity contribution is 5.99. The standard InChI is InChI=1S/C15H24N4O/c1-2-9-19-10-7-12(8-11-19)17-15(20)13-5-3-4-6-14(13)18-16/h3-6,12,18H,2,7-11,16H2,1H3,(H,17,20). The zero-order valence-electron chi connectivity index (χ0n) is 12.1. The van der Waals surface area contributed by atoms with E-state index in [4.69, 9.17) is 5.84 Å². The second-order valence-corrected chi connectivity index (χ2v) is 5.28. The molecule has 1 saturated heterocycles. The maximum absolute atomic E-state index is 12.3. The summed E-state index contributed by atoms with van der Waals surface area (Å²) in [6.45, 7) is 5.48. The lowest BCUT2D eigenvalue weighted by Crippen LogP contribution is -2.44. The number of nitrogens with zero attached hydrogens (tertiary/aromatic N) is 1. The molecule has 0 saturated carbocycles. The van der Waals surface area contributed by atoms with Crippen molar-refractivity contribution in [2.45, 2.75) is 32.2 Å². The molecule has 0 unspecified atom stereocenters. The van der Waals surface area contributed by atoms with Crippen LogP contribution in [-0.2, 0) is 0 Å². The Hall–Kier alpha value is -1.59. The fraction of sp³-hybridized carbons (Fsp3) is 0.533. The first-order valence-electron chi connectivity index (χ1n) is 7.33. The topological polar surface area (TPSA) is 70.4 Å². The molecule has 5 heteroatoms. The summed E-state index contributed by atoms with van der Waals surface area (Å²) in [4.78, 5) is 14.7. The van der Waals surface area contributed by atoms with E-state index in [-0.39, 0.29) is 11.9 Å². The van der Waals surface area contributed by atoms with Gasteiger partial charge in [-0.05, 0) is 37.9 Å². The van der Waals surface area contributed by atoms with Crippen molar-refractivity contribution < 1.29 is 4.79 Å². The summed E-state index contributed by atoms with van der Waals surface area (Å²) in [5, 5.41) is 3.11. The molecule has 20 heavy (non-hydrogen) atoms. The van der Waals surface area contributed by atoms with Crippen molar-refractivity contribution in [1.82, 2.24) is 10.2 Å². The van der Waals surface area contributed by atoms with Crippen molar-refractivity contribution in [3.8, 4) is 0 Å². The van der Waals surface area contributed by atoms with Crippen LogP contribution in [0.2, 0.25) is 0 Å². The average molecular weight is 276 g/mol. The third-order valence-electron chi connectivity index (χ3n) is 3.79. The SMILES string of the molecule is CCCN1CCC(NC(=O)c2ccccc2NN)CC1. The molecule has 110 valence electrons. The maximum Gasteiger partial charge on any atom is 0.253 e. The minimum absolute atomic E-state index is 0.0486. The third-order valence-corrected chi connectivity index (χ3v) is 3.79. The van der Waals surface area contributed by atoms with Crippen molar-refractivity contribution in [1.29, 1.82) is 0 Å². The van der Waals surface area contributed by atoms with E-state index in [9.17, 15) is 4.79 Å². The van der Waals surface area contributed by atoms with Crippen molar-refractivity contribution in [2.24, 2.45) is 5.84 Å². The van der Waals surface area contributed by atoms with Crippen LogP contribution >= 0.6 is 0 Å². The molecule has 1 heterocycles. The van der Waals surface area contributed by atoms with Gasteiger partial charge in [-0.25, -0.2) is 0 Å². The highest BCUT2D eigenvalue weighted by Gasteiger charge is 2.21. The molecule has 4 N–H and O–H groups in total. The summed E-state index contributed by atoms with van der Waals surface area (Å²) in [6, 6.07) is 7.56. The molecule has 1 fully saturated rings. The molecule has 1 aliphatic rings. The van der Waals surface area contributed by atoms with Gasteiger partial charge < -0.3 is 15.6 Å². The fourth-order valence-corrected chi connectivity index (χ4v) is 2.69. The van der Waals surface area contributed by atoms with Crippen molar-refractivity contribution in [3.63, 3.8) is 0 Å². The first kappa shape index (κ1) is 14.8. The number of nitrogens with two attached hydrogens (primary N) is 1. The molecule has 0 aromatic heterocycles. The van der Waals surface area contributed by atoms with Gasteiger partial charge in [0.2, 0.25) is 0 Å². The first-order valence-corrected chi connectivity index (χ1v) is 7.33. The number of hydrogen-bond donors (Lipinski definition) is 3. The summed E-state index contributed by atoms with van der Waals surface area (Å²) in [5.41, 5.74) is 3.83. The van der Waals surface area contributed by atoms with E-state index >= 15 is 0 Å². The molecule has 0 aliphatic carbocycles. The van der Waals surface area contributed by atoms with Crippen LogP contribution in [0.25, 0.3) is 0 Å². The van der Waals surface area contributed by atoms with Crippen LogP contribution in [0.1, 0.15) is 36.5 Å². The number of benzene rings is 1. The Kier molecular flexibility index (Phi) is 5.38. The second kappa shape index (κ2) is 7.26. The van der Waals surface area contributed by atoms with Crippen molar-refractivity contribution >= 4 is 11.6 Å². The fourth-order valence-electron chi connectivity index (χ4n) is 2.69. The van der Waals surface area contributed by atoms with E-state index in [0.29, 0.717) is 11.3 Å². The van der Waals surface area contributed by atoms with Crippen LogP contribution in [0.3, 0.4) is 0 Å². The number of nitrogen functional groups attached to an aromatic ring is 1. The van der Waals surface area contributed by atoms with Gasteiger partial charge in [0, 0.05) is 19.1 Å². The number of piperidine rings is 1. The number of hydrogen-bond acceptors (Lipinski definition) is 4. The molecular weight excluding hydrogens is 252 g/mol. The number of carbonyl (C=O) groups excluding carboxylic acids is 1. The number of rotatable bonds is 5. The van der Waals surface area contributed by atoms with E-state index in [1.807, 2.05) is 12.1 Å². The zero-order chi connectivity index (χ0) is 14.4. The van der Waals surface area contributed by atoms with Crippen LogP contribution in [0.15, 0.2) is 24.3 Å². The zero-order valence-corrected chi connectivity index (χ0v) is 12.1. The summed E-state index contributed by atoms with van der Waals surface area (Å²) in [5.74, 6) is 5.39. The lowest BCUT2D eigenvalue weighted by atomic mass is 10.0. The molecule has 1 aromatic rings. The van der Waals surface area contributed by atoms with Gasteiger partial charge in [-0.3, -0.25) is 10.6 Å². The van der Waals surface area contributed by atoms with Crippen LogP contribution in [0.5, 0.6) is 0 Å². The predicted octanol–water partition coefficient (Wildman–Crippen LogP) is 1.58. The third kappa shape index (κ3) is 3.71. The van der Waals surface area contributed by atoms with Crippen molar-refractivity contribution in [3.05, 3.63) is 29.8 Å². The van der Waals surface area contributed by atoms with Gasteiger partial charge >= 0.3 is 0 Å². The Labute approximate surface area is 120 Å². The Morgan fingerprint density at radius 3 is 2.70 bits per heavy atom. The molecule has 5 nitrogen and oxygen atoms in total. The van der Waals surface area contributed by atoms with Crippen LogP contribution in [0.4, 0.5) is 5.69 Å². The lowest BCUT2D eigenvalue weighted by Gasteiger charge is -2.32. The van der Waals surface area contributed by atoms with Crippen LogP contribution in [-0.4, -0.2) is 36.5 Å². The highest BCUT2D eigenvalue weighted by atomic mass is 16.1. The molecule has 0 radical (unpaired) electrons. The monoisotopic (exact) mass is 276 g/mol. The summed E-state index contributed by atoms with van der Waals surface area (Å²) in [6.07, 6.45) is 3.22. The van der Waals surface area contributed by atoms with Gasteiger partial charge in [-0.2, -0.15) is 0 Å². The average Bonchev–Trinajstić information content (AvgIpc) is 2.49. The number of nitrogens with one attached hydrogen (secondary N) is 2. The minimum atomic E-state index is -0.0486.